The number of anilines is 1. The van der Waals surface area contributed by atoms with Crippen LogP contribution < -0.4 is 19.5 Å². The number of ether oxygens (including phenoxy) is 4. The average molecular weight is 385 g/mol. The van der Waals surface area contributed by atoms with Gasteiger partial charge in [-0.3, -0.25) is 4.79 Å². The Balaban J connectivity index is 1.48. The highest BCUT2D eigenvalue weighted by molar-refractivity contribution is 5.95. The van der Waals surface area contributed by atoms with Crippen molar-refractivity contribution in [2.75, 3.05) is 31.7 Å². The van der Waals surface area contributed by atoms with Crippen LogP contribution in [0.2, 0.25) is 0 Å². The van der Waals surface area contributed by atoms with Crippen LogP contribution in [0.25, 0.3) is 0 Å². The van der Waals surface area contributed by atoms with Crippen LogP contribution in [0.1, 0.15) is 24.2 Å². The molecule has 1 heterocycles. The zero-order valence-corrected chi connectivity index (χ0v) is 15.9. The summed E-state index contributed by atoms with van der Waals surface area (Å²) in [5.74, 6) is 1.28. The summed E-state index contributed by atoms with van der Waals surface area (Å²) in [6, 6.07) is 11.7. The maximum absolute atomic E-state index is 12.1. The first-order valence-electron chi connectivity index (χ1n) is 9.11. The molecule has 148 valence electrons. The van der Waals surface area contributed by atoms with Gasteiger partial charge in [-0.2, -0.15) is 0 Å². The highest BCUT2D eigenvalue weighted by Gasteiger charge is 2.14. The zero-order valence-electron chi connectivity index (χ0n) is 15.9. The predicted molar refractivity (Wildman–Crippen MR) is 103 cm³/mol. The summed E-state index contributed by atoms with van der Waals surface area (Å²) in [6.07, 6.45) is 0. The van der Waals surface area contributed by atoms with Gasteiger partial charge in [0.2, 0.25) is 0 Å². The summed E-state index contributed by atoms with van der Waals surface area (Å²) in [7, 11) is 0. The summed E-state index contributed by atoms with van der Waals surface area (Å²) in [6.45, 7) is 5.29. The minimum atomic E-state index is -0.576. The number of rotatable bonds is 7. The molecular formula is C21H23NO6. The summed E-state index contributed by atoms with van der Waals surface area (Å²) < 4.78 is 21.5. The molecule has 0 aliphatic carbocycles. The fourth-order valence-corrected chi connectivity index (χ4v) is 2.48. The van der Waals surface area contributed by atoms with E-state index in [9.17, 15) is 9.59 Å². The average Bonchev–Trinajstić information content (AvgIpc) is 2.70. The Bertz CT molecular complexity index is 831. The number of fused-ring (bicyclic) bond motifs is 1. The van der Waals surface area contributed by atoms with Crippen molar-refractivity contribution in [3.8, 4) is 17.2 Å². The lowest BCUT2D eigenvalue weighted by atomic mass is 10.2. The summed E-state index contributed by atoms with van der Waals surface area (Å²) in [5, 5.41) is 2.66. The highest BCUT2D eigenvalue weighted by Crippen LogP contribution is 2.32. The molecular weight excluding hydrogens is 362 g/mol. The predicted octanol–water partition coefficient (Wildman–Crippen LogP) is 3.29. The first-order chi connectivity index (χ1) is 13.5. The van der Waals surface area contributed by atoms with Crippen molar-refractivity contribution < 1.29 is 28.5 Å². The number of hydrogen-bond donors (Lipinski definition) is 1. The standard InChI is InChI=1S/C21H23NO6/c1-14(2)12-27-17-6-3-15(4-7-17)21(24)28-13-20(23)22-16-5-8-18-19(11-16)26-10-9-25-18/h3-8,11,14H,9-10,12-13H2,1-2H3,(H,22,23). The van der Waals surface area contributed by atoms with Crippen LogP contribution in [0.5, 0.6) is 17.2 Å². The van der Waals surface area contributed by atoms with Crippen LogP contribution in [0.3, 0.4) is 0 Å². The number of nitrogens with one attached hydrogen (secondary N) is 1. The van der Waals surface area contributed by atoms with Crippen LogP contribution in [0, 0.1) is 5.92 Å². The molecule has 0 radical (unpaired) electrons. The van der Waals surface area contributed by atoms with E-state index in [0.29, 0.717) is 54.2 Å². The van der Waals surface area contributed by atoms with Gasteiger partial charge in [-0.25, -0.2) is 4.79 Å². The van der Waals surface area contributed by atoms with Crippen LogP contribution in [0.15, 0.2) is 42.5 Å². The number of carbonyl (C=O) groups excluding carboxylic acids is 2. The molecule has 1 aliphatic heterocycles. The van der Waals surface area contributed by atoms with Gasteiger partial charge >= 0.3 is 5.97 Å². The van der Waals surface area contributed by atoms with Gasteiger partial charge in [0.05, 0.1) is 12.2 Å². The molecule has 0 atom stereocenters. The second-order valence-corrected chi connectivity index (χ2v) is 6.71. The molecule has 7 heteroatoms. The van der Waals surface area contributed by atoms with E-state index >= 15 is 0 Å². The lowest BCUT2D eigenvalue weighted by molar-refractivity contribution is -0.119. The molecule has 0 saturated carbocycles. The Morgan fingerprint density at radius 2 is 1.75 bits per heavy atom. The largest absolute Gasteiger partial charge is 0.493 e. The molecule has 0 fully saturated rings. The van der Waals surface area contributed by atoms with Gasteiger partial charge in [0, 0.05) is 11.8 Å². The smallest absolute Gasteiger partial charge is 0.338 e. The van der Waals surface area contributed by atoms with E-state index in [-0.39, 0.29) is 0 Å². The Morgan fingerprint density at radius 1 is 1.04 bits per heavy atom. The Labute approximate surface area is 163 Å². The second kappa shape index (κ2) is 9.12. The first-order valence-corrected chi connectivity index (χ1v) is 9.11. The van der Waals surface area contributed by atoms with Gasteiger partial charge in [0.15, 0.2) is 18.1 Å². The van der Waals surface area contributed by atoms with Crippen molar-refractivity contribution in [3.63, 3.8) is 0 Å². The summed E-state index contributed by atoms with van der Waals surface area (Å²) >= 11 is 0. The third kappa shape index (κ3) is 5.39. The lowest BCUT2D eigenvalue weighted by Crippen LogP contribution is -2.21. The van der Waals surface area contributed by atoms with Gasteiger partial charge in [-0.15, -0.1) is 0 Å². The summed E-state index contributed by atoms with van der Waals surface area (Å²) in [4.78, 5) is 24.1. The molecule has 0 spiro atoms. The maximum Gasteiger partial charge on any atom is 0.338 e. The quantitative estimate of drug-likeness (QED) is 0.737. The SMILES string of the molecule is CC(C)COc1ccc(C(=O)OCC(=O)Nc2ccc3c(c2)OCCO3)cc1. The summed E-state index contributed by atoms with van der Waals surface area (Å²) in [5.41, 5.74) is 0.890. The van der Waals surface area contributed by atoms with E-state index in [4.69, 9.17) is 18.9 Å². The van der Waals surface area contributed by atoms with Crippen molar-refractivity contribution in [1.82, 2.24) is 0 Å². The van der Waals surface area contributed by atoms with Crippen LogP contribution in [-0.2, 0) is 9.53 Å². The van der Waals surface area contributed by atoms with Crippen molar-refractivity contribution in [3.05, 3.63) is 48.0 Å². The lowest BCUT2D eigenvalue weighted by Gasteiger charge is -2.19. The van der Waals surface area contributed by atoms with Crippen molar-refractivity contribution in [1.29, 1.82) is 0 Å². The Hall–Kier alpha value is -3.22. The maximum atomic E-state index is 12.1. The highest BCUT2D eigenvalue weighted by atomic mass is 16.6. The number of esters is 1. The van der Waals surface area contributed by atoms with E-state index in [0.717, 1.165) is 0 Å². The molecule has 1 aliphatic rings. The number of carbonyl (C=O) groups is 2. The molecule has 0 unspecified atom stereocenters. The molecule has 0 saturated heterocycles. The van der Waals surface area contributed by atoms with Crippen LogP contribution in [0.4, 0.5) is 5.69 Å². The van der Waals surface area contributed by atoms with E-state index in [1.807, 2.05) is 0 Å². The zero-order chi connectivity index (χ0) is 19.9. The van der Waals surface area contributed by atoms with E-state index in [1.54, 1.807) is 42.5 Å². The molecule has 1 amide bonds. The molecule has 7 nitrogen and oxygen atoms in total. The minimum Gasteiger partial charge on any atom is -0.493 e. The number of hydrogen-bond acceptors (Lipinski definition) is 6. The van der Waals surface area contributed by atoms with Crippen LogP contribution >= 0.6 is 0 Å². The molecule has 0 bridgehead atoms. The van der Waals surface area contributed by atoms with Crippen molar-refractivity contribution in [2.45, 2.75) is 13.8 Å². The van der Waals surface area contributed by atoms with Gasteiger partial charge in [-0.1, -0.05) is 13.8 Å². The van der Waals surface area contributed by atoms with E-state index in [2.05, 4.69) is 19.2 Å². The normalized spacial score (nSPS) is 12.4. The van der Waals surface area contributed by atoms with Crippen molar-refractivity contribution in [2.24, 2.45) is 5.92 Å². The monoisotopic (exact) mass is 385 g/mol. The van der Waals surface area contributed by atoms with Crippen molar-refractivity contribution >= 4 is 17.6 Å². The fraction of sp³-hybridized carbons (Fsp3) is 0.333. The number of amides is 1. The van der Waals surface area contributed by atoms with Gasteiger partial charge in [0.1, 0.15) is 19.0 Å². The number of benzene rings is 2. The van der Waals surface area contributed by atoms with Crippen LogP contribution in [-0.4, -0.2) is 38.3 Å². The fourth-order valence-electron chi connectivity index (χ4n) is 2.48. The Kier molecular flexibility index (Phi) is 6.37. The third-order valence-electron chi connectivity index (χ3n) is 3.83. The second-order valence-electron chi connectivity index (χ2n) is 6.71. The molecule has 3 rings (SSSR count). The third-order valence-corrected chi connectivity index (χ3v) is 3.83. The van der Waals surface area contributed by atoms with Gasteiger partial charge in [0.25, 0.3) is 5.91 Å². The topological polar surface area (TPSA) is 83.1 Å². The molecule has 2 aromatic carbocycles. The Morgan fingerprint density at radius 3 is 2.46 bits per heavy atom. The molecule has 1 N–H and O–H groups in total. The minimum absolute atomic E-state index is 0.351. The van der Waals surface area contributed by atoms with E-state index < -0.39 is 18.5 Å². The molecule has 2 aromatic rings. The van der Waals surface area contributed by atoms with E-state index in [1.165, 1.54) is 0 Å². The first kappa shape index (κ1) is 19.5. The molecule has 28 heavy (non-hydrogen) atoms. The van der Waals surface area contributed by atoms with Gasteiger partial charge < -0.3 is 24.3 Å². The van der Waals surface area contributed by atoms with Gasteiger partial charge in [-0.05, 0) is 42.3 Å². The molecule has 0 aromatic heterocycles.